The number of amides is 2. The lowest BCUT2D eigenvalue weighted by Crippen LogP contribution is -2.45. The van der Waals surface area contributed by atoms with E-state index in [1.807, 2.05) is 10.9 Å². The van der Waals surface area contributed by atoms with E-state index in [2.05, 4.69) is 4.72 Å². The molecule has 13 heteroatoms. The van der Waals surface area contributed by atoms with Gasteiger partial charge in [-0.25, -0.2) is 8.42 Å². The SMILES string of the molecule is Cc1ccc(S(=O)(=O)N[C@@H](C)C(=O)OCC(=O)NNC(=O)c2cccc([N+](=O)[O-])c2)cc1. The minimum Gasteiger partial charge on any atom is -0.454 e. The Kier molecular flexibility index (Phi) is 7.98. The van der Waals surface area contributed by atoms with E-state index in [1.54, 1.807) is 19.1 Å². The zero-order valence-corrected chi connectivity index (χ0v) is 17.8. The first-order valence-electron chi connectivity index (χ1n) is 9.09. The predicted octanol–water partition coefficient (Wildman–Crippen LogP) is 0.574. The van der Waals surface area contributed by atoms with Gasteiger partial charge in [-0.05, 0) is 32.0 Å². The van der Waals surface area contributed by atoms with Gasteiger partial charge in [0, 0.05) is 17.7 Å². The summed E-state index contributed by atoms with van der Waals surface area (Å²) in [6, 6.07) is 9.50. The standard InChI is InChI=1S/C19H20N4O8S/c1-12-6-8-16(9-7-12)32(29,30)22-13(2)19(26)31-11-17(24)20-21-18(25)14-4-3-5-15(10-14)23(27)28/h3-10,13,22H,11H2,1-2H3,(H,20,24)(H,21,25)/t13-/m0/s1. The molecule has 2 rings (SSSR count). The first-order valence-corrected chi connectivity index (χ1v) is 10.6. The molecule has 0 bridgehead atoms. The van der Waals surface area contributed by atoms with Crippen LogP contribution in [0.3, 0.4) is 0 Å². The van der Waals surface area contributed by atoms with Gasteiger partial charge in [0.15, 0.2) is 6.61 Å². The number of hydrogen-bond donors (Lipinski definition) is 3. The molecule has 0 radical (unpaired) electrons. The molecule has 0 aliphatic rings. The molecule has 2 aromatic carbocycles. The van der Waals surface area contributed by atoms with Crippen molar-refractivity contribution in [3.05, 3.63) is 69.8 Å². The number of nitro benzene ring substituents is 1. The van der Waals surface area contributed by atoms with Crippen LogP contribution in [0.5, 0.6) is 0 Å². The number of nitrogens with zero attached hydrogens (tertiary/aromatic N) is 1. The van der Waals surface area contributed by atoms with Gasteiger partial charge >= 0.3 is 5.97 Å². The molecular formula is C19H20N4O8S. The summed E-state index contributed by atoms with van der Waals surface area (Å²) in [5.41, 5.74) is 4.48. The number of carbonyl (C=O) groups is 3. The fourth-order valence-electron chi connectivity index (χ4n) is 2.32. The number of rotatable bonds is 8. The minimum atomic E-state index is -3.98. The Morgan fingerprint density at radius 2 is 1.75 bits per heavy atom. The van der Waals surface area contributed by atoms with Crippen LogP contribution < -0.4 is 15.6 Å². The molecule has 0 heterocycles. The fraction of sp³-hybridized carbons (Fsp3) is 0.211. The van der Waals surface area contributed by atoms with E-state index in [0.29, 0.717) is 0 Å². The van der Waals surface area contributed by atoms with Crippen LogP contribution in [-0.2, 0) is 24.3 Å². The van der Waals surface area contributed by atoms with Crippen molar-refractivity contribution >= 4 is 33.5 Å². The van der Waals surface area contributed by atoms with Crippen molar-refractivity contribution in [3.8, 4) is 0 Å². The van der Waals surface area contributed by atoms with Crippen LogP contribution in [0.25, 0.3) is 0 Å². The number of benzene rings is 2. The average molecular weight is 464 g/mol. The van der Waals surface area contributed by atoms with Crippen LogP contribution in [0, 0.1) is 17.0 Å². The average Bonchev–Trinajstić information content (AvgIpc) is 2.75. The number of hydrogen-bond acceptors (Lipinski definition) is 8. The molecule has 2 aromatic rings. The van der Waals surface area contributed by atoms with Crippen LogP contribution >= 0.6 is 0 Å². The molecule has 0 aromatic heterocycles. The topological polar surface area (TPSA) is 174 Å². The summed E-state index contributed by atoms with van der Waals surface area (Å²) in [6.07, 6.45) is 0. The van der Waals surface area contributed by atoms with Crippen molar-refractivity contribution in [1.29, 1.82) is 0 Å². The largest absolute Gasteiger partial charge is 0.454 e. The summed E-state index contributed by atoms with van der Waals surface area (Å²) in [6.45, 7) is 2.24. The van der Waals surface area contributed by atoms with Gasteiger partial charge < -0.3 is 4.74 Å². The van der Waals surface area contributed by atoms with Gasteiger partial charge in [0.2, 0.25) is 10.0 Å². The van der Waals surface area contributed by atoms with Crippen LogP contribution in [0.1, 0.15) is 22.8 Å². The third-order valence-electron chi connectivity index (χ3n) is 4.00. The number of carbonyl (C=O) groups excluding carboxylic acids is 3. The first-order chi connectivity index (χ1) is 15.0. The van der Waals surface area contributed by atoms with E-state index < -0.39 is 45.4 Å². The van der Waals surface area contributed by atoms with Crippen molar-refractivity contribution in [2.45, 2.75) is 24.8 Å². The number of esters is 1. The van der Waals surface area contributed by atoms with E-state index in [9.17, 15) is 32.9 Å². The summed E-state index contributed by atoms with van der Waals surface area (Å²) in [4.78, 5) is 45.7. The van der Waals surface area contributed by atoms with Gasteiger partial charge in [-0.3, -0.25) is 35.3 Å². The maximum atomic E-state index is 12.3. The Morgan fingerprint density at radius 3 is 2.38 bits per heavy atom. The summed E-state index contributed by atoms with van der Waals surface area (Å²) < 4.78 is 31.5. The van der Waals surface area contributed by atoms with Crippen molar-refractivity contribution in [1.82, 2.24) is 15.6 Å². The highest BCUT2D eigenvalue weighted by molar-refractivity contribution is 7.89. The first kappa shape index (κ1) is 24.4. The number of nitrogens with one attached hydrogen (secondary N) is 3. The lowest BCUT2D eigenvalue weighted by molar-refractivity contribution is -0.384. The smallest absolute Gasteiger partial charge is 0.324 e. The summed E-state index contributed by atoms with van der Waals surface area (Å²) in [7, 11) is -3.98. The third kappa shape index (κ3) is 6.85. The number of aryl methyl sites for hydroxylation is 1. The van der Waals surface area contributed by atoms with Crippen molar-refractivity contribution in [2.24, 2.45) is 0 Å². The van der Waals surface area contributed by atoms with Crippen LogP contribution in [-0.4, -0.2) is 43.8 Å². The monoisotopic (exact) mass is 464 g/mol. The van der Waals surface area contributed by atoms with E-state index in [0.717, 1.165) is 11.6 Å². The fourth-order valence-corrected chi connectivity index (χ4v) is 3.52. The molecule has 0 aliphatic carbocycles. The molecule has 0 fully saturated rings. The van der Waals surface area contributed by atoms with E-state index in [4.69, 9.17) is 4.74 Å². The molecule has 170 valence electrons. The molecule has 0 saturated heterocycles. The van der Waals surface area contributed by atoms with Gasteiger partial charge in [-0.2, -0.15) is 4.72 Å². The zero-order chi connectivity index (χ0) is 23.9. The summed E-state index contributed by atoms with van der Waals surface area (Å²) in [5, 5.41) is 10.7. The molecular weight excluding hydrogens is 444 g/mol. The molecule has 1 atom stereocenters. The van der Waals surface area contributed by atoms with Crippen LogP contribution in [0.4, 0.5) is 5.69 Å². The second-order valence-electron chi connectivity index (χ2n) is 6.57. The Morgan fingerprint density at radius 1 is 1.09 bits per heavy atom. The highest BCUT2D eigenvalue weighted by atomic mass is 32.2. The Bertz CT molecular complexity index is 1130. The van der Waals surface area contributed by atoms with Crippen LogP contribution in [0.15, 0.2) is 53.4 Å². The number of nitro groups is 1. The van der Waals surface area contributed by atoms with Crippen molar-refractivity contribution in [2.75, 3.05) is 6.61 Å². The van der Waals surface area contributed by atoms with Crippen molar-refractivity contribution < 1.29 is 32.5 Å². The van der Waals surface area contributed by atoms with E-state index >= 15 is 0 Å². The molecule has 2 amide bonds. The number of sulfonamides is 1. The Hall–Kier alpha value is -3.84. The van der Waals surface area contributed by atoms with Gasteiger partial charge in [-0.1, -0.05) is 23.8 Å². The maximum absolute atomic E-state index is 12.3. The third-order valence-corrected chi connectivity index (χ3v) is 5.55. The molecule has 0 saturated carbocycles. The van der Waals surface area contributed by atoms with E-state index in [1.165, 1.54) is 37.3 Å². The summed E-state index contributed by atoms with van der Waals surface area (Å²) >= 11 is 0. The van der Waals surface area contributed by atoms with Gasteiger partial charge in [0.25, 0.3) is 17.5 Å². The van der Waals surface area contributed by atoms with Gasteiger partial charge in [0.1, 0.15) is 6.04 Å². The highest BCUT2D eigenvalue weighted by Gasteiger charge is 2.23. The van der Waals surface area contributed by atoms with Crippen LogP contribution in [0.2, 0.25) is 0 Å². The second-order valence-corrected chi connectivity index (χ2v) is 8.29. The molecule has 3 N–H and O–H groups in total. The zero-order valence-electron chi connectivity index (χ0n) is 17.0. The normalized spacial score (nSPS) is 11.8. The summed E-state index contributed by atoms with van der Waals surface area (Å²) in [5.74, 6) is -2.75. The lowest BCUT2D eigenvalue weighted by atomic mass is 10.2. The number of ether oxygens (including phenoxy) is 1. The molecule has 0 spiro atoms. The molecule has 32 heavy (non-hydrogen) atoms. The number of hydrazine groups is 1. The highest BCUT2D eigenvalue weighted by Crippen LogP contribution is 2.13. The Labute approximate surface area is 183 Å². The second kappa shape index (κ2) is 10.5. The van der Waals surface area contributed by atoms with Gasteiger partial charge in [-0.15, -0.1) is 0 Å². The quantitative estimate of drug-likeness (QED) is 0.289. The molecule has 0 aliphatic heterocycles. The maximum Gasteiger partial charge on any atom is 0.324 e. The van der Waals surface area contributed by atoms with Crippen molar-refractivity contribution in [3.63, 3.8) is 0 Å². The number of non-ortho nitro benzene ring substituents is 1. The van der Waals surface area contributed by atoms with E-state index in [-0.39, 0.29) is 16.1 Å². The lowest BCUT2D eigenvalue weighted by Gasteiger charge is -2.14. The van der Waals surface area contributed by atoms with Gasteiger partial charge in [0.05, 0.1) is 9.82 Å². The molecule has 12 nitrogen and oxygen atoms in total. The Balaban J connectivity index is 1.82. The predicted molar refractivity (Wildman–Crippen MR) is 111 cm³/mol. The molecule has 0 unspecified atom stereocenters. The minimum absolute atomic E-state index is 0.0376.